The maximum absolute atomic E-state index is 13.3. The molecule has 38 heavy (non-hydrogen) atoms. The summed E-state index contributed by atoms with van der Waals surface area (Å²) in [4.78, 5) is 29.0. The van der Waals surface area contributed by atoms with Crippen LogP contribution in [0.2, 0.25) is 5.15 Å². The number of rotatable bonds is 8. The van der Waals surface area contributed by atoms with Crippen molar-refractivity contribution in [3.05, 3.63) is 70.9 Å². The molecule has 3 heterocycles. The summed E-state index contributed by atoms with van der Waals surface area (Å²) in [6, 6.07) is 17.8. The van der Waals surface area contributed by atoms with Crippen LogP contribution in [-0.4, -0.2) is 66.7 Å². The van der Waals surface area contributed by atoms with Gasteiger partial charge in [0.15, 0.2) is 5.16 Å². The summed E-state index contributed by atoms with van der Waals surface area (Å²) in [5.74, 6) is 2.54. The number of nitrogens with zero attached hydrogens (tertiary/aromatic N) is 5. The Balaban J connectivity index is 1.19. The summed E-state index contributed by atoms with van der Waals surface area (Å²) in [6.45, 7) is 7.54. The topological polar surface area (TPSA) is 61.8 Å². The maximum atomic E-state index is 13.3. The molecule has 7 nitrogen and oxygen atoms in total. The van der Waals surface area contributed by atoms with Gasteiger partial charge in [-0.05, 0) is 56.0 Å². The number of hydrogen-bond acceptors (Lipinski definition) is 7. The van der Waals surface area contributed by atoms with E-state index in [1.165, 1.54) is 19.3 Å². The van der Waals surface area contributed by atoms with Crippen molar-refractivity contribution in [3.8, 4) is 5.75 Å². The number of anilines is 2. The number of halogens is 1. The number of ether oxygens (including phenoxy) is 1. The molecule has 0 aliphatic carbocycles. The first kappa shape index (κ1) is 26.6. The van der Waals surface area contributed by atoms with E-state index in [1.807, 2.05) is 60.4 Å². The van der Waals surface area contributed by atoms with Crippen LogP contribution in [0.4, 0.5) is 11.5 Å². The monoisotopic (exact) mass is 551 g/mol. The zero-order chi connectivity index (χ0) is 26.3. The second-order valence-electron chi connectivity index (χ2n) is 9.55. The van der Waals surface area contributed by atoms with Gasteiger partial charge in [0, 0.05) is 56.7 Å². The molecule has 0 radical (unpaired) electrons. The van der Waals surface area contributed by atoms with Gasteiger partial charge in [0.1, 0.15) is 16.7 Å². The highest BCUT2D eigenvalue weighted by Gasteiger charge is 2.24. The standard InChI is InChI=1S/C29H34ClN5O2S/c1-2-37-25-12-5-4-11-24(25)33-15-17-35(18-16-33)28(36)23-10-8-9-22(19-23)21-38-29-31-26(30)20-27(32-29)34-13-6-3-7-14-34/h4-5,8-12,19-20H,2-3,6-7,13-18,21H2,1H3. The van der Waals surface area contributed by atoms with Crippen molar-refractivity contribution in [2.75, 3.05) is 55.7 Å². The molecule has 0 N–H and O–H groups in total. The number of carbonyl (C=O) groups excluding carboxylic acids is 1. The van der Waals surface area contributed by atoms with Crippen LogP contribution in [-0.2, 0) is 5.75 Å². The first-order valence-electron chi connectivity index (χ1n) is 13.4. The molecule has 0 spiro atoms. The van der Waals surface area contributed by atoms with Crippen LogP contribution in [0.3, 0.4) is 0 Å². The SMILES string of the molecule is CCOc1ccccc1N1CCN(C(=O)c2cccc(CSc3nc(Cl)cc(N4CCCCC4)n3)c2)CC1. The second-order valence-corrected chi connectivity index (χ2v) is 10.9. The molecule has 0 bridgehead atoms. The Bertz CT molecular complexity index is 1250. The maximum Gasteiger partial charge on any atom is 0.253 e. The average molecular weight is 552 g/mol. The predicted molar refractivity (Wildman–Crippen MR) is 155 cm³/mol. The molecule has 0 unspecified atom stereocenters. The molecule has 2 aliphatic heterocycles. The van der Waals surface area contributed by atoms with Crippen LogP contribution in [0, 0.1) is 0 Å². The summed E-state index contributed by atoms with van der Waals surface area (Å²) in [5.41, 5.74) is 2.87. The Morgan fingerprint density at radius 2 is 1.71 bits per heavy atom. The van der Waals surface area contributed by atoms with E-state index in [-0.39, 0.29) is 5.91 Å². The van der Waals surface area contributed by atoms with Gasteiger partial charge in [-0.3, -0.25) is 4.79 Å². The zero-order valence-corrected chi connectivity index (χ0v) is 23.4. The van der Waals surface area contributed by atoms with Crippen molar-refractivity contribution < 1.29 is 9.53 Å². The number of piperazine rings is 1. The van der Waals surface area contributed by atoms with E-state index in [4.69, 9.17) is 21.3 Å². The van der Waals surface area contributed by atoms with Crippen molar-refractivity contribution in [2.24, 2.45) is 0 Å². The molecule has 1 amide bonds. The first-order chi connectivity index (χ1) is 18.6. The normalized spacial score (nSPS) is 16.0. The lowest BCUT2D eigenvalue weighted by Crippen LogP contribution is -2.48. The Labute approximate surface area is 234 Å². The molecule has 2 saturated heterocycles. The second kappa shape index (κ2) is 12.7. The van der Waals surface area contributed by atoms with Gasteiger partial charge in [-0.2, -0.15) is 0 Å². The van der Waals surface area contributed by atoms with Crippen LogP contribution in [0.1, 0.15) is 42.1 Å². The molecule has 0 atom stereocenters. The van der Waals surface area contributed by atoms with Crippen LogP contribution in [0.15, 0.2) is 59.8 Å². The Morgan fingerprint density at radius 1 is 0.921 bits per heavy atom. The number of amides is 1. The van der Waals surface area contributed by atoms with E-state index >= 15 is 0 Å². The highest BCUT2D eigenvalue weighted by atomic mass is 35.5. The van der Waals surface area contributed by atoms with E-state index in [0.29, 0.717) is 41.3 Å². The van der Waals surface area contributed by atoms with Crippen molar-refractivity contribution in [1.29, 1.82) is 0 Å². The smallest absolute Gasteiger partial charge is 0.253 e. The molecule has 0 saturated carbocycles. The fraction of sp³-hybridized carbons (Fsp3) is 0.414. The summed E-state index contributed by atoms with van der Waals surface area (Å²) >= 11 is 7.87. The zero-order valence-electron chi connectivity index (χ0n) is 21.8. The van der Waals surface area contributed by atoms with E-state index < -0.39 is 0 Å². The fourth-order valence-corrected chi connectivity index (χ4v) is 6.03. The van der Waals surface area contributed by atoms with Crippen LogP contribution in [0.25, 0.3) is 0 Å². The van der Waals surface area contributed by atoms with Crippen molar-refractivity contribution in [2.45, 2.75) is 37.1 Å². The molecular weight excluding hydrogens is 518 g/mol. The quantitative estimate of drug-likeness (QED) is 0.200. The van der Waals surface area contributed by atoms with Crippen molar-refractivity contribution in [1.82, 2.24) is 14.9 Å². The number of aromatic nitrogens is 2. The lowest BCUT2D eigenvalue weighted by molar-refractivity contribution is 0.0746. The molecule has 2 fully saturated rings. The van der Waals surface area contributed by atoms with Gasteiger partial charge < -0.3 is 19.4 Å². The minimum Gasteiger partial charge on any atom is -0.492 e. The third kappa shape index (κ3) is 6.53. The minimum atomic E-state index is 0.0704. The van der Waals surface area contributed by atoms with Gasteiger partial charge in [-0.25, -0.2) is 9.97 Å². The lowest BCUT2D eigenvalue weighted by Gasteiger charge is -2.36. The number of thioether (sulfide) groups is 1. The van der Waals surface area contributed by atoms with Gasteiger partial charge in [-0.15, -0.1) is 0 Å². The number of benzene rings is 2. The third-order valence-electron chi connectivity index (χ3n) is 6.96. The molecular formula is C29H34ClN5O2S. The van der Waals surface area contributed by atoms with Crippen molar-refractivity contribution >= 4 is 40.8 Å². The highest BCUT2D eigenvalue weighted by molar-refractivity contribution is 7.98. The van der Waals surface area contributed by atoms with E-state index in [2.05, 4.69) is 20.9 Å². The number of piperidine rings is 1. The molecule has 200 valence electrons. The first-order valence-corrected chi connectivity index (χ1v) is 14.7. The molecule has 2 aliphatic rings. The van der Waals surface area contributed by atoms with E-state index in [1.54, 1.807) is 11.8 Å². The van der Waals surface area contributed by atoms with Crippen LogP contribution in [0.5, 0.6) is 5.75 Å². The number of carbonyl (C=O) groups is 1. The largest absolute Gasteiger partial charge is 0.492 e. The van der Waals surface area contributed by atoms with Crippen LogP contribution < -0.4 is 14.5 Å². The predicted octanol–water partition coefficient (Wildman–Crippen LogP) is 5.77. The lowest BCUT2D eigenvalue weighted by atomic mass is 10.1. The van der Waals surface area contributed by atoms with Gasteiger partial charge in [-0.1, -0.05) is 47.6 Å². The van der Waals surface area contributed by atoms with E-state index in [9.17, 15) is 4.79 Å². The van der Waals surface area contributed by atoms with Gasteiger partial charge in [0.2, 0.25) is 0 Å². The molecule has 1 aromatic heterocycles. The molecule has 9 heteroatoms. The molecule has 3 aromatic rings. The summed E-state index contributed by atoms with van der Waals surface area (Å²) in [7, 11) is 0. The third-order valence-corrected chi connectivity index (χ3v) is 8.07. The summed E-state index contributed by atoms with van der Waals surface area (Å²) < 4.78 is 5.80. The average Bonchev–Trinajstić information content (AvgIpc) is 2.97. The number of hydrogen-bond donors (Lipinski definition) is 0. The number of para-hydroxylation sites is 2. The van der Waals surface area contributed by atoms with Crippen molar-refractivity contribution in [3.63, 3.8) is 0 Å². The van der Waals surface area contributed by atoms with Gasteiger partial charge in [0.25, 0.3) is 5.91 Å². The Hall–Kier alpha value is -2.97. The highest BCUT2D eigenvalue weighted by Crippen LogP contribution is 2.30. The molecule has 2 aromatic carbocycles. The van der Waals surface area contributed by atoms with Crippen LogP contribution >= 0.6 is 23.4 Å². The summed E-state index contributed by atoms with van der Waals surface area (Å²) in [5, 5.41) is 1.13. The minimum absolute atomic E-state index is 0.0704. The van der Waals surface area contributed by atoms with Gasteiger partial charge >= 0.3 is 0 Å². The Kier molecular flexibility index (Phi) is 8.91. The van der Waals surface area contributed by atoms with E-state index in [0.717, 1.165) is 49.0 Å². The molecule has 5 rings (SSSR count). The summed E-state index contributed by atoms with van der Waals surface area (Å²) in [6.07, 6.45) is 3.63. The fourth-order valence-electron chi connectivity index (χ4n) is 5.01. The Morgan fingerprint density at radius 3 is 2.50 bits per heavy atom. The van der Waals surface area contributed by atoms with Gasteiger partial charge in [0.05, 0.1) is 12.3 Å².